The number of benzene rings is 2. The molecule has 0 N–H and O–H groups in total. The Morgan fingerprint density at radius 1 is 0.857 bits per heavy atom. The van der Waals surface area contributed by atoms with Crippen LogP contribution in [0.4, 0.5) is 0 Å². The summed E-state index contributed by atoms with van der Waals surface area (Å²) in [4.78, 5) is 4.64. The fourth-order valence-corrected chi connectivity index (χ4v) is 5.53. The highest BCUT2D eigenvalue weighted by Crippen LogP contribution is 2.26. The van der Waals surface area contributed by atoms with Crippen LogP contribution < -0.4 is 0 Å². The predicted molar refractivity (Wildman–Crippen MR) is 114 cm³/mol. The van der Waals surface area contributed by atoms with Crippen LogP contribution in [0.15, 0.2) is 82.8 Å². The minimum Gasteiger partial charge on any atom is -0.249 e. The zero-order valence-electron chi connectivity index (χ0n) is 15.5. The van der Waals surface area contributed by atoms with E-state index in [0.717, 1.165) is 23.6 Å². The quantitative estimate of drug-likeness (QED) is 0.547. The van der Waals surface area contributed by atoms with Crippen molar-refractivity contribution < 1.29 is 8.42 Å². The largest absolute Gasteiger partial charge is 0.249 e. The molecule has 0 amide bonds. The topological polar surface area (TPSA) is 50.3 Å². The zero-order valence-corrected chi connectivity index (χ0v) is 17.1. The maximum Gasteiger partial charge on any atom is 0.244 e. The Balaban J connectivity index is 1.39. The molecule has 144 valence electrons. The molecule has 1 aliphatic heterocycles. The van der Waals surface area contributed by atoms with Crippen LogP contribution in [0.2, 0.25) is 0 Å². The van der Waals surface area contributed by atoms with Crippen LogP contribution in [0.25, 0.3) is 11.1 Å². The van der Waals surface area contributed by atoms with Gasteiger partial charge in [0.1, 0.15) is 4.90 Å². The Bertz CT molecular complexity index is 1010. The van der Waals surface area contributed by atoms with Gasteiger partial charge in [-0.25, -0.2) is 13.4 Å². The highest BCUT2D eigenvalue weighted by Gasteiger charge is 2.27. The SMILES string of the molecule is O=S(=O)(c1ccc(SCc2ccc(-c3ccccc3)cc2)nc1)N1CCCC1. The van der Waals surface area contributed by atoms with Crippen LogP contribution in [0.1, 0.15) is 18.4 Å². The van der Waals surface area contributed by atoms with Gasteiger partial charge in [-0.3, -0.25) is 0 Å². The van der Waals surface area contributed by atoms with Gasteiger partial charge in [0, 0.05) is 25.0 Å². The Kier molecular flexibility index (Phi) is 5.80. The first-order valence-electron chi connectivity index (χ1n) is 9.36. The molecule has 2 aromatic carbocycles. The first-order chi connectivity index (χ1) is 13.6. The number of aromatic nitrogens is 1. The summed E-state index contributed by atoms with van der Waals surface area (Å²) in [5.41, 5.74) is 3.61. The molecule has 0 saturated carbocycles. The molecule has 0 unspecified atom stereocenters. The number of nitrogens with zero attached hydrogens (tertiary/aromatic N) is 2. The Labute approximate surface area is 170 Å². The van der Waals surface area contributed by atoms with Gasteiger partial charge in [0.25, 0.3) is 0 Å². The Morgan fingerprint density at radius 3 is 2.18 bits per heavy atom. The highest BCUT2D eigenvalue weighted by molar-refractivity contribution is 7.98. The maximum atomic E-state index is 12.6. The highest BCUT2D eigenvalue weighted by atomic mass is 32.2. The van der Waals surface area contributed by atoms with Gasteiger partial charge in [-0.05, 0) is 41.7 Å². The van der Waals surface area contributed by atoms with E-state index in [9.17, 15) is 8.42 Å². The second-order valence-corrected chi connectivity index (χ2v) is 9.73. The lowest BCUT2D eigenvalue weighted by Gasteiger charge is -2.15. The first kappa shape index (κ1) is 19.2. The molecule has 0 atom stereocenters. The molecule has 6 heteroatoms. The van der Waals surface area contributed by atoms with Crippen molar-refractivity contribution >= 4 is 21.8 Å². The molecule has 0 aliphatic carbocycles. The summed E-state index contributed by atoms with van der Waals surface area (Å²) in [6.07, 6.45) is 3.35. The van der Waals surface area contributed by atoms with E-state index < -0.39 is 10.0 Å². The molecular formula is C22H22N2O2S2. The van der Waals surface area contributed by atoms with Gasteiger partial charge in [0.2, 0.25) is 10.0 Å². The smallest absolute Gasteiger partial charge is 0.244 e. The number of hydrogen-bond donors (Lipinski definition) is 0. The van der Waals surface area contributed by atoms with Gasteiger partial charge < -0.3 is 0 Å². The van der Waals surface area contributed by atoms with Crippen LogP contribution in [-0.4, -0.2) is 30.8 Å². The summed E-state index contributed by atoms with van der Waals surface area (Å²) in [6, 6.07) is 22.3. The van der Waals surface area contributed by atoms with E-state index in [1.165, 1.54) is 22.9 Å². The molecule has 3 aromatic rings. The van der Waals surface area contributed by atoms with Crippen molar-refractivity contribution in [1.82, 2.24) is 9.29 Å². The summed E-state index contributed by atoms with van der Waals surface area (Å²) in [6.45, 7) is 1.22. The van der Waals surface area contributed by atoms with E-state index in [4.69, 9.17) is 0 Å². The lowest BCUT2D eigenvalue weighted by atomic mass is 10.0. The van der Waals surface area contributed by atoms with E-state index >= 15 is 0 Å². The van der Waals surface area contributed by atoms with Gasteiger partial charge in [-0.1, -0.05) is 54.6 Å². The van der Waals surface area contributed by atoms with Gasteiger partial charge in [0.15, 0.2) is 0 Å². The summed E-state index contributed by atoms with van der Waals surface area (Å²) < 4.78 is 26.7. The Morgan fingerprint density at radius 2 is 1.54 bits per heavy atom. The van der Waals surface area contributed by atoms with Crippen molar-refractivity contribution in [2.45, 2.75) is 28.5 Å². The molecule has 1 fully saturated rings. The van der Waals surface area contributed by atoms with E-state index in [1.807, 2.05) is 18.2 Å². The molecule has 4 nitrogen and oxygen atoms in total. The standard InChI is InChI=1S/C22H22N2O2S2/c25-28(26,24-14-4-5-15-24)21-12-13-22(23-16-21)27-17-18-8-10-20(11-9-18)19-6-2-1-3-7-19/h1-3,6-13,16H,4-5,14-15,17H2. The lowest BCUT2D eigenvalue weighted by molar-refractivity contribution is 0.477. The van der Waals surface area contributed by atoms with Crippen molar-refractivity contribution in [2.75, 3.05) is 13.1 Å². The number of rotatable bonds is 6. The van der Waals surface area contributed by atoms with Crippen molar-refractivity contribution in [3.05, 3.63) is 78.5 Å². The molecule has 0 spiro atoms. The van der Waals surface area contributed by atoms with Crippen molar-refractivity contribution in [3.63, 3.8) is 0 Å². The number of sulfonamides is 1. The van der Waals surface area contributed by atoms with E-state index in [2.05, 4.69) is 41.4 Å². The molecule has 1 aromatic heterocycles. The van der Waals surface area contributed by atoms with Crippen molar-refractivity contribution in [3.8, 4) is 11.1 Å². The van der Waals surface area contributed by atoms with Gasteiger partial charge in [0.05, 0.1) is 5.03 Å². The third kappa shape index (κ3) is 4.29. The molecule has 1 aliphatic rings. The fraction of sp³-hybridized carbons (Fsp3) is 0.227. The van der Waals surface area contributed by atoms with Crippen LogP contribution >= 0.6 is 11.8 Å². The number of hydrogen-bond acceptors (Lipinski definition) is 4. The van der Waals surface area contributed by atoms with Gasteiger partial charge >= 0.3 is 0 Å². The van der Waals surface area contributed by atoms with Crippen LogP contribution in [0.3, 0.4) is 0 Å². The molecule has 4 rings (SSSR count). The fourth-order valence-electron chi connectivity index (χ4n) is 3.26. The van der Waals surface area contributed by atoms with Crippen LogP contribution in [0, 0.1) is 0 Å². The number of pyridine rings is 1. The summed E-state index contributed by atoms with van der Waals surface area (Å²) >= 11 is 1.61. The average molecular weight is 411 g/mol. The second kappa shape index (κ2) is 8.47. The lowest BCUT2D eigenvalue weighted by Crippen LogP contribution is -2.27. The minimum absolute atomic E-state index is 0.283. The first-order valence-corrected chi connectivity index (χ1v) is 11.8. The third-order valence-electron chi connectivity index (χ3n) is 4.86. The summed E-state index contributed by atoms with van der Waals surface area (Å²) in [5.74, 6) is 0.792. The molecule has 1 saturated heterocycles. The summed E-state index contributed by atoms with van der Waals surface area (Å²) in [7, 11) is -3.39. The molecule has 2 heterocycles. The van der Waals surface area contributed by atoms with Crippen LogP contribution in [-0.2, 0) is 15.8 Å². The molecule has 28 heavy (non-hydrogen) atoms. The van der Waals surface area contributed by atoms with Gasteiger partial charge in [-0.2, -0.15) is 4.31 Å². The molecule has 0 bridgehead atoms. The average Bonchev–Trinajstić information content (AvgIpc) is 3.30. The second-order valence-electron chi connectivity index (χ2n) is 6.79. The third-order valence-corrected chi connectivity index (χ3v) is 7.76. The van der Waals surface area contributed by atoms with E-state index in [0.29, 0.717) is 13.1 Å². The normalized spacial score (nSPS) is 15.0. The molecule has 0 radical (unpaired) electrons. The monoisotopic (exact) mass is 410 g/mol. The van der Waals surface area contributed by atoms with Crippen molar-refractivity contribution in [2.24, 2.45) is 0 Å². The maximum absolute atomic E-state index is 12.6. The summed E-state index contributed by atoms with van der Waals surface area (Å²) in [5, 5.41) is 0.826. The van der Waals surface area contributed by atoms with Crippen molar-refractivity contribution in [1.29, 1.82) is 0 Å². The van der Waals surface area contributed by atoms with E-state index in [1.54, 1.807) is 28.2 Å². The zero-order chi connectivity index (χ0) is 19.4. The predicted octanol–water partition coefficient (Wildman–Crippen LogP) is 4.83. The van der Waals surface area contributed by atoms with Gasteiger partial charge in [-0.15, -0.1) is 11.8 Å². The molecular weight excluding hydrogens is 388 g/mol. The van der Waals surface area contributed by atoms with Crippen LogP contribution in [0.5, 0.6) is 0 Å². The Hall–Kier alpha value is -2.15. The number of thioether (sulfide) groups is 1. The van der Waals surface area contributed by atoms with E-state index in [-0.39, 0.29) is 4.90 Å². The minimum atomic E-state index is -3.39.